The summed E-state index contributed by atoms with van der Waals surface area (Å²) in [5.74, 6) is -2.04. The zero-order valence-corrected chi connectivity index (χ0v) is 20.4. The summed E-state index contributed by atoms with van der Waals surface area (Å²) in [6.07, 6.45) is -3.33. The topological polar surface area (TPSA) is 189 Å². The van der Waals surface area contributed by atoms with Crippen molar-refractivity contribution in [2.45, 2.75) is 69.8 Å². The molecule has 3 heterocycles. The molecular weight excluding hydrogens is 482 g/mol. The van der Waals surface area contributed by atoms with Gasteiger partial charge < -0.3 is 35.7 Å². The molecule has 4 rings (SSSR count). The zero-order valence-electron chi connectivity index (χ0n) is 20.4. The van der Waals surface area contributed by atoms with Crippen LogP contribution in [0.25, 0.3) is 0 Å². The molecule has 0 aliphatic carbocycles. The minimum Gasteiger partial charge on any atom is -0.390 e. The number of rotatable bonds is 9. The predicted molar refractivity (Wildman–Crippen MR) is 131 cm³/mol. The molecule has 0 radical (unpaired) electrons. The van der Waals surface area contributed by atoms with Crippen molar-refractivity contribution in [3.05, 3.63) is 47.9 Å². The smallest absolute Gasteiger partial charge is 0.240 e. The van der Waals surface area contributed by atoms with Gasteiger partial charge in [-0.1, -0.05) is 37.3 Å². The number of carbonyl (C=O) groups is 3. The lowest BCUT2D eigenvalue weighted by Gasteiger charge is -2.40. The van der Waals surface area contributed by atoms with Gasteiger partial charge in [0.2, 0.25) is 5.91 Å². The van der Waals surface area contributed by atoms with Crippen LogP contribution in [0.5, 0.6) is 0 Å². The van der Waals surface area contributed by atoms with Crippen LogP contribution in [0.1, 0.15) is 42.2 Å². The molecule has 6 atom stereocenters. The third-order valence-corrected chi connectivity index (χ3v) is 6.68. The average molecular weight is 514 g/mol. The normalized spacial score (nSPS) is 26.2. The number of aliphatic hydroxyl groups is 3. The molecule has 12 heteroatoms. The zero-order chi connectivity index (χ0) is 26.7. The summed E-state index contributed by atoms with van der Waals surface area (Å²) < 4.78 is 6.77. The molecule has 0 spiro atoms. The number of aromatic nitrogens is 2. The highest BCUT2D eigenvalue weighted by Gasteiger charge is 2.44. The van der Waals surface area contributed by atoms with E-state index in [1.165, 1.54) is 10.9 Å². The number of fused-ring (bicyclic) bond motifs is 1. The summed E-state index contributed by atoms with van der Waals surface area (Å²) in [5.41, 5.74) is 6.63. The summed E-state index contributed by atoms with van der Waals surface area (Å²) in [4.78, 5) is 46.6. The van der Waals surface area contributed by atoms with Crippen LogP contribution in [0.3, 0.4) is 0 Å². The lowest BCUT2D eigenvalue weighted by Crippen LogP contribution is -2.55. The molecule has 12 nitrogen and oxygen atoms in total. The van der Waals surface area contributed by atoms with E-state index in [1.54, 1.807) is 19.1 Å². The van der Waals surface area contributed by atoms with Gasteiger partial charge in [0.25, 0.3) is 0 Å². The maximum Gasteiger partial charge on any atom is 0.240 e. The van der Waals surface area contributed by atoms with E-state index in [-0.39, 0.29) is 48.9 Å². The number of amidine groups is 1. The van der Waals surface area contributed by atoms with Gasteiger partial charge in [-0.25, -0.2) is 9.98 Å². The third-order valence-electron chi connectivity index (χ3n) is 6.68. The maximum absolute atomic E-state index is 13.3. The second-order valence-corrected chi connectivity index (χ2v) is 9.35. The molecule has 6 N–H and O–H groups in total. The van der Waals surface area contributed by atoms with Gasteiger partial charge in [-0.3, -0.25) is 14.4 Å². The van der Waals surface area contributed by atoms with Gasteiger partial charge in [-0.15, -0.1) is 0 Å². The van der Waals surface area contributed by atoms with Crippen molar-refractivity contribution in [1.82, 2.24) is 14.9 Å². The molecule has 0 saturated carbocycles. The van der Waals surface area contributed by atoms with E-state index in [0.717, 1.165) is 5.56 Å². The van der Waals surface area contributed by atoms with Gasteiger partial charge in [0.05, 0.1) is 31.0 Å². The van der Waals surface area contributed by atoms with Crippen molar-refractivity contribution in [3.63, 3.8) is 0 Å². The van der Waals surface area contributed by atoms with Crippen LogP contribution in [0.15, 0.2) is 41.7 Å². The fourth-order valence-electron chi connectivity index (χ4n) is 4.66. The van der Waals surface area contributed by atoms with E-state index in [4.69, 9.17) is 10.5 Å². The Labute approximate surface area is 213 Å². The van der Waals surface area contributed by atoms with E-state index in [0.29, 0.717) is 6.42 Å². The van der Waals surface area contributed by atoms with E-state index >= 15 is 0 Å². The van der Waals surface area contributed by atoms with E-state index in [2.05, 4.69) is 15.3 Å². The molecule has 2 aromatic rings. The van der Waals surface area contributed by atoms with Crippen LogP contribution in [0.4, 0.5) is 5.82 Å². The molecule has 1 unspecified atom stereocenters. The highest BCUT2D eigenvalue weighted by atomic mass is 16.6. The molecule has 1 aromatic heterocycles. The first-order chi connectivity index (χ1) is 17.7. The number of benzene rings is 1. The van der Waals surface area contributed by atoms with Crippen molar-refractivity contribution in [3.8, 4) is 0 Å². The molecule has 198 valence electrons. The van der Waals surface area contributed by atoms with Crippen molar-refractivity contribution in [2.24, 2.45) is 16.6 Å². The summed E-state index contributed by atoms with van der Waals surface area (Å²) in [5, 5.41) is 34.0. The van der Waals surface area contributed by atoms with Crippen LogP contribution >= 0.6 is 0 Å². The summed E-state index contributed by atoms with van der Waals surface area (Å²) in [7, 11) is 0. The first-order valence-corrected chi connectivity index (χ1v) is 12.1. The van der Waals surface area contributed by atoms with Crippen molar-refractivity contribution < 1.29 is 34.4 Å². The lowest BCUT2D eigenvalue weighted by molar-refractivity contribution is -0.264. The summed E-state index contributed by atoms with van der Waals surface area (Å²) in [6.45, 7) is 1.48. The number of ether oxygens (including phenoxy) is 1. The number of imidazole rings is 1. The number of nitrogens with zero attached hydrogens (tertiary/aromatic N) is 3. The van der Waals surface area contributed by atoms with Gasteiger partial charge in [0, 0.05) is 12.3 Å². The monoisotopic (exact) mass is 513 g/mol. The van der Waals surface area contributed by atoms with Gasteiger partial charge in [0.15, 0.2) is 29.4 Å². The van der Waals surface area contributed by atoms with Crippen molar-refractivity contribution in [2.75, 3.05) is 0 Å². The number of amides is 1. The number of ketones is 2. The van der Waals surface area contributed by atoms with Gasteiger partial charge >= 0.3 is 0 Å². The van der Waals surface area contributed by atoms with E-state index in [9.17, 15) is 29.7 Å². The number of Topliss-reactive ketones (excluding diaryl/α,β-unsaturated/α-hetero) is 2. The minimum absolute atomic E-state index is 0.0415. The van der Waals surface area contributed by atoms with E-state index in [1.807, 2.05) is 18.2 Å². The fraction of sp³-hybridized carbons (Fsp3) is 0.480. The van der Waals surface area contributed by atoms with Gasteiger partial charge in [-0.2, -0.15) is 0 Å². The fourth-order valence-corrected chi connectivity index (χ4v) is 4.66. The SMILES string of the molecule is CC[C@H]1O[C@@H](O)C(CC(=O)[C@H](Cc2ccccc2)NC(=O)Cn2cnc3c2N=C(N)CC3=O)[C@@H](O)[C@@H]1O. The van der Waals surface area contributed by atoms with Gasteiger partial charge in [-0.05, 0) is 18.4 Å². The van der Waals surface area contributed by atoms with Gasteiger partial charge in [0.1, 0.15) is 18.5 Å². The maximum atomic E-state index is 13.3. The second kappa shape index (κ2) is 11.3. The van der Waals surface area contributed by atoms with Crippen LogP contribution in [-0.4, -0.2) is 78.8 Å². The first-order valence-electron chi connectivity index (χ1n) is 12.1. The van der Waals surface area contributed by atoms with Crippen molar-refractivity contribution >= 4 is 29.1 Å². The molecular formula is C25H31N5O7. The summed E-state index contributed by atoms with van der Waals surface area (Å²) in [6, 6.07) is 8.06. The molecule has 2 aliphatic heterocycles. The first kappa shape index (κ1) is 26.6. The Bertz CT molecular complexity index is 1180. The number of carbonyl (C=O) groups excluding carboxylic acids is 3. The highest BCUT2D eigenvalue weighted by Crippen LogP contribution is 2.30. The molecule has 0 bridgehead atoms. The van der Waals surface area contributed by atoms with E-state index < -0.39 is 48.3 Å². The van der Waals surface area contributed by atoms with Crippen molar-refractivity contribution in [1.29, 1.82) is 0 Å². The molecule has 1 aromatic carbocycles. The number of aliphatic imine (C=N–C) groups is 1. The van der Waals surface area contributed by atoms with Crippen LogP contribution in [0.2, 0.25) is 0 Å². The molecule has 1 amide bonds. The van der Waals surface area contributed by atoms with Crippen LogP contribution in [0, 0.1) is 5.92 Å². The van der Waals surface area contributed by atoms with Crippen LogP contribution in [-0.2, 0) is 27.3 Å². The third kappa shape index (κ3) is 5.93. The quantitative estimate of drug-likeness (QED) is 0.297. The standard InChI is InChI=1S/C25H31N5O7/c1-2-18-23(35)22(34)14(25(36)37-18)9-16(31)15(8-13-6-4-3-5-7-13)28-20(33)11-30-12-27-21-17(32)10-19(26)29-24(21)30/h3-7,12,14-15,18,22-23,25,34-36H,2,8-11H2,1H3,(H2,26,29)(H,28,33)/t14?,15-,18+,22+,23+,25+/m0/s1. The lowest BCUT2D eigenvalue weighted by atomic mass is 9.84. The molecule has 1 saturated heterocycles. The van der Waals surface area contributed by atoms with Crippen LogP contribution < -0.4 is 11.1 Å². The minimum atomic E-state index is -1.45. The molecule has 37 heavy (non-hydrogen) atoms. The molecule has 1 fully saturated rings. The number of aliphatic hydroxyl groups excluding tert-OH is 3. The Hall–Kier alpha value is -3.45. The Balaban J connectivity index is 1.49. The number of hydrogen-bond acceptors (Lipinski definition) is 10. The number of hydrogen-bond donors (Lipinski definition) is 5. The average Bonchev–Trinajstić information content (AvgIpc) is 3.26. The number of nitrogens with two attached hydrogens (primary N) is 1. The largest absolute Gasteiger partial charge is 0.390 e. The summed E-state index contributed by atoms with van der Waals surface area (Å²) >= 11 is 0. The predicted octanol–water partition coefficient (Wildman–Crippen LogP) is -0.390. The molecule has 2 aliphatic rings. The highest BCUT2D eigenvalue weighted by molar-refractivity contribution is 6.13. The second-order valence-electron chi connectivity index (χ2n) is 9.35. The Morgan fingerprint density at radius 1 is 1.22 bits per heavy atom. The Kier molecular flexibility index (Phi) is 8.13. The number of nitrogens with one attached hydrogen (secondary N) is 1. The Morgan fingerprint density at radius 3 is 2.65 bits per heavy atom. The Morgan fingerprint density at radius 2 is 1.95 bits per heavy atom.